The molecule has 1 aliphatic carbocycles. The Morgan fingerprint density at radius 2 is 1.84 bits per heavy atom. The topological polar surface area (TPSA) is 99.8 Å². The summed E-state index contributed by atoms with van der Waals surface area (Å²) in [6.45, 7) is 2.97. The van der Waals surface area contributed by atoms with E-state index in [1.54, 1.807) is 13.0 Å². The van der Waals surface area contributed by atoms with Gasteiger partial charge in [-0.3, -0.25) is 4.79 Å². The van der Waals surface area contributed by atoms with Gasteiger partial charge in [0.2, 0.25) is 0 Å². The number of nitrogens with zero attached hydrogens (tertiary/aromatic N) is 4. The van der Waals surface area contributed by atoms with Crippen molar-refractivity contribution in [3.05, 3.63) is 88.5 Å². The third-order valence-corrected chi connectivity index (χ3v) is 7.90. The fourth-order valence-electron chi connectivity index (χ4n) is 5.85. The minimum Gasteiger partial charge on any atom is -0.477 e. The normalized spacial score (nSPS) is 16.2. The number of aromatic carboxylic acids is 1. The van der Waals surface area contributed by atoms with Gasteiger partial charge < -0.3 is 15.3 Å². The highest BCUT2D eigenvalue weighted by Gasteiger charge is 2.42. The molecule has 2 N–H and O–H groups in total. The van der Waals surface area contributed by atoms with E-state index >= 15 is 0 Å². The average molecular weight is 500 g/mol. The highest BCUT2D eigenvalue weighted by atomic mass is 19.1. The molecule has 2 aromatic heterocycles. The number of nitrogens with one attached hydrogen (secondary N) is 1. The van der Waals surface area contributed by atoms with Crippen LogP contribution in [0.1, 0.15) is 56.7 Å². The lowest BCUT2D eigenvalue weighted by atomic mass is 9.74. The molecule has 37 heavy (non-hydrogen) atoms. The molecule has 188 valence electrons. The molecule has 2 aliphatic rings. The Hall–Kier alpha value is -4.27. The molecule has 3 heterocycles. The molecule has 6 rings (SSSR count). The summed E-state index contributed by atoms with van der Waals surface area (Å²) >= 11 is 0. The van der Waals surface area contributed by atoms with Crippen molar-refractivity contribution in [2.75, 3.05) is 18.4 Å². The van der Waals surface area contributed by atoms with Crippen LogP contribution in [-0.2, 0) is 11.8 Å². The van der Waals surface area contributed by atoms with E-state index in [2.05, 4.69) is 39.7 Å². The fraction of sp³-hybridized carbons (Fsp3) is 0.286. The fourth-order valence-corrected chi connectivity index (χ4v) is 5.85. The Bertz CT molecular complexity index is 1550. The first-order valence-corrected chi connectivity index (χ1v) is 12.4. The van der Waals surface area contributed by atoms with E-state index in [0.29, 0.717) is 30.2 Å². The summed E-state index contributed by atoms with van der Waals surface area (Å²) < 4.78 is 15.1. The summed E-state index contributed by atoms with van der Waals surface area (Å²) in [7, 11) is 0. The second kappa shape index (κ2) is 8.69. The molecule has 2 aromatic carbocycles. The van der Waals surface area contributed by atoms with Crippen molar-refractivity contribution in [2.24, 2.45) is 0 Å². The van der Waals surface area contributed by atoms with Crippen molar-refractivity contribution in [1.29, 1.82) is 0 Å². The molecule has 8 nitrogen and oxygen atoms in total. The smallest absolute Gasteiger partial charge is 0.341 e. The summed E-state index contributed by atoms with van der Waals surface area (Å²) in [5, 5.41) is 17.0. The van der Waals surface area contributed by atoms with E-state index in [9.17, 15) is 19.1 Å². The molecule has 1 aliphatic heterocycles. The Labute approximate surface area is 212 Å². The summed E-state index contributed by atoms with van der Waals surface area (Å²) in [5.74, 6) is -1.44. The number of rotatable bonds is 4. The number of hydrogen-bond donors (Lipinski definition) is 2. The number of aryl methyl sites for hydroxylation is 2. The lowest BCUT2D eigenvalue weighted by molar-refractivity contribution is 0.0664. The maximum atomic E-state index is 13.8. The van der Waals surface area contributed by atoms with E-state index in [1.807, 2.05) is 4.90 Å². The molecule has 0 unspecified atom stereocenters. The molecular formula is C28H26FN5O3. The van der Waals surface area contributed by atoms with Crippen molar-refractivity contribution >= 4 is 29.0 Å². The maximum absolute atomic E-state index is 13.8. The van der Waals surface area contributed by atoms with Gasteiger partial charge in [-0.05, 0) is 72.9 Å². The van der Waals surface area contributed by atoms with Crippen LogP contribution in [0.15, 0.2) is 54.9 Å². The SMILES string of the molecule is Cc1cc(F)ccc1Nc1c(C(=O)N2CCC3(CCc4ccccc43)CC2)cnc2c(C(=O)O)cnn12. The van der Waals surface area contributed by atoms with Crippen LogP contribution in [0.5, 0.6) is 0 Å². The number of fused-ring (bicyclic) bond motifs is 3. The van der Waals surface area contributed by atoms with Crippen LogP contribution in [-0.4, -0.2) is 49.6 Å². The number of hydrogen-bond acceptors (Lipinski definition) is 5. The third-order valence-electron chi connectivity index (χ3n) is 7.90. The largest absolute Gasteiger partial charge is 0.477 e. The third kappa shape index (κ3) is 3.82. The first kappa shape index (κ1) is 23.1. The van der Waals surface area contributed by atoms with Gasteiger partial charge in [-0.1, -0.05) is 24.3 Å². The van der Waals surface area contributed by atoms with Crippen LogP contribution in [0.3, 0.4) is 0 Å². The van der Waals surface area contributed by atoms with Gasteiger partial charge >= 0.3 is 5.97 Å². The number of carbonyl (C=O) groups is 2. The van der Waals surface area contributed by atoms with Gasteiger partial charge in [0.1, 0.15) is 22.8 Å². The predicted octanol–water partition coefficient (Wildman–Crippen LogP) is 4.74. The second-order valence-electron chi connectivity index (χ2n) is 9.93. The molecule has 9 heteroatoms. The van der Waals surface area contributed by atoms with Crippen molar-refractivity contribution in [2.45, 2.75) is 38.0 Å². The summed E-state index contributed by atoms with van der Waals surface area (Å²) in [4.78, 5) is 31.6. The van der Waals surface area contributed by atoms with Crippen molar-refractivity contribution in [1.82, 2.24) is 19.5 Å². The van der Waals surface area contributed by atoms with Crippen LogP contribution in [0, 0.1) is 12.7 Å². The highest BCUT2D eigenvalue weighted by molar-refractivity contribution is 6.01. The van der Waals surface area contributed by atoms with E-state index < -0.39 is 5.97 Å². The van der Waals surface area contributed by atoms with Gasteiger partial charge in [-0.15, -0.1) is 0 Å². The molecule has 1 amide bonds. The van der Waals surface area contributed by atoms with Crippen LogP contribution < -0.4 is 5.32 Å². The lowest BCUT2D eigenvalue weighted by Gasteiger charge is -2.40. The van der Waals surface area contributed by atoms with Gasteiger partial charge in [0.25, 0.3) is 5.91 Å². The van der Waals surface area contributed by atoms with E-state index in [1.165, 1.54) is 40.2 Å². The molecule has 0 bridgehead atoms. The van der Waals surface area contributed by atoms with Crippen molar-refractivity contribution in [3.63, 3.8) is 0 Å². The number of likely N-dealkylation sites (tertiary alicyclic amines) is 1. The average Bonchev–Trinajstić information content (AvgIpc) is 3.49. The molecule has 1 saturated heterocycles. The molecule has 0 saturated carbocycles. The van der Waals surface area contributed by atoms with E-state index in [4.69, 9.17) is 0 Å². The molecular weight excluding hydrogens is 473 g/mol. The summed E-state index contributed by atoms with van der Waals surface area (Å²) in [5.41, 5.74) is 4.47. The minimum atomic E-state index is -1.16. The molecule has 0 atom stereocenters. The Kier molecular flexibility index (Phi) is 5.43. The number of halogens is 1. The van der Waals surface area contributed by atoms with Crippen LogP contribution in [0.2, 0.25) is 0 Å². The number of benzene rings is 2. The first-order valence-electron chi connectivity index (χ1n) is 12.4. The quantitative estimate of drug-likeness (QED) is 0.421. The van der Waals surface area contributed by atoms with E-state index in [-0.39, 0.29) is 33.9 Å². The van der Waals surface area contributed by atoms with Crippen LogP contribution in [0.4, 0.5) is 15.9 Å². The van der Waals surface area contributed by atoms with Crippen molar-refractivity contribution < 1.29 is 19.1 Å². The number of carbonyl (C=O) groups excluding carboxylic acids is 1. The zero-order valence-corrected chi connectivity index (χ0v) is 20.4. The zero-order chi connectivity index (χ0) is 25.7. The van der Waals surface area contributed by atoms with Crippen LogP contribution in [0.25, 0.3) is 5.65 Å². The minimum absolute atomic E-state index is 0.0716. The van der Waals surface area contributed by atoms with Crippen LogP contribution >= 0.6 is 0 Å². The maximum Gasteiger partial charge on any atom is 0.341 e. The number of aromatic nitrogens is 3. The zero-order valence-electron chi connectivity index (χ0n) is 20.4. The predicted molar refractivity (Wildman–Crippen MR) is 136 cm³/mol. The number of carboxylic acids is 1. The molecule has 1 spiro atoms. The van der Waals surface area contributed by atoms with Gasteiger partial charge in [0.15, 0.2) is 5.65 Å². The van der Waals surface area contributed by atoms with Gasteiger partial charge in [-0.2, -0.15) is 9.61 Å². The molecule has 1 fully saturated rings. The number of piperidine rings is 1. The second-order valence-corrected chi connectivity index (χ2v) is 9.93. The summed E-state index contributed by atoms with van der Waals surface area (Å²) in [6, 6.07) is 12.9. The van der Waals surface area contributed by atoms with Crippen molar-refractivity contribution in [3.8, 4) is 0 Å². The molecule has 4 aromatic rings. The number of carboxylic acid groups (broad SMARTS) is 1. The Morgan fingerprint density at radius 1 is 1.05 bits per heavy atom. The number of amides is 1. The summed E-state index contributed by atoms with van der Waals surface area (Å²) in [6.07, 6.45) is 6.56. The lowest BCUT2D eigenvalue weighted by Crippen LogP contribution is -2.44. The van der Waals surface area contributed by atoms with Gasteiger partial charge in [0.05, 0.1) is 6.20 Å². The first-order chi connectivity index (χ1) is 17.9. The van der Waals surface area contributed by atoms with Gasteiger partial charge in [0, 0.05) is 25.0 Å². The molecule has 0 radical (unpaired) electrons. The highest BCUT2D eigenvalue weighted by Crippen LogP contribution is 2.46. The monoisotopic (exact) mass is 499 g/mol. The standard InChI is InChI=1S/C28H26FN5O3/c1-17-14-19(29)6-7-23(17)32-25-20(15-30-24-21(27(36)37)16-31-34(24)25)26(35)33-12-10-28(11-13-33)9-8-18-4-2-3-5-22(18)28/h2-7,14-16,32H,8-13H2,1H3,(H,36,37). The Balaban J connectivity index is 1.34. The van der Waals surface area contributed by atoms with E-state index in [0.717, 1.165) is 25.7 Å². The van der Waals surface area contributed by atoms with Gasteiger partial charge in [-0.25, -0.2) is 14.2 Å². The number of anilines is 2. The Morgan fingerprint density at radius 3 is 2.59 bits per heavy atom.